The standard InChI is InChI=1S/C24H27Cl4N3O2/c1-30(2)10-3-11-31(21(22(29)32)12-15-4-5-16(25)13-19(15)27)23(33)24(8-9-24)18-7-6-17(26)14-20(18)28/h4-7,13-14,21H,3,8-12H2,1-2H3,(H2,29,32)/t21-/m0/s1. The quantitative estimate of drug-likeness (QED) is 0.458. The van der Waals surface area contributed by atoms with Crippen molar-refractivity contribution in [3.05, 3.63) is 67.6 Å². The summed E-state index contributed by atoms with van der Waals surface area (Å²) in [6.45, 7) is 1.13. The maximum Gasteiger partial charge on any atom is 0.240 e. The molecule has 3 rings (SSSR count). The van der Waals surface area contributed by atoms with Gasteiger partial charge in [-0.1, -0.05) is 58.5 Å². The van der Waals surface area contributed by atoms with Gasteiger partial charge in [0, 0.05) is 33.1 Å². The highest BCUT2D eigenvalue weighted by Crippen LogP contribution is 2.52. The zero-order valence-electron chi connectivity index (χ0n) is 18.6. The lowest BCUT2D eigenvalue weighted by molar-refractivity contribution is -0.141. The molecule has 1 aliphatic carbocycles. The topological polar surface area (TPSA) is 66.6 Å². The SMILES string of the molecule is CN(C)CCCN(C(=O)C1(c2ccc(Cl)cc2Cl)CC1)[C@@H](Cc1ccc(Cl)cc1Cl)C(N)=O. The number of rotatable bonds is 10. The predicted octanol–water partition coefficient (Wildman–Crippen LogP) is 5.21. The number of hydrogen-bond donors (Lipinski definition) is 1. The molecule has 1 saturated carbocycles. The average Bonchev–Trinajstić information content (AvgIpc) is 3.52. The van der Waals surface area contributed by atoms with E-state index in [1.54, 1.807) is 41.3 Å². The molecule has 2 aromatic rings. The van der Waals surface area contributed by atoms with Gasteiger partial charge in [-0.15, -0.1) is 0 Å². The molecule has 0 bridgehead atoms. The molecule has 2 N–H and O–H groups in total. The molecule has 1 aliphatic rings. The summed E-state index contributed by atoms with van der Waals surface area (Å²) in [6, 6.07) is 9.38. The zero-order chi connectivity index (χ0) is 24.3. The van der Waals surface area contributed by atoms with Gasteiger partial charge >= 0.3 is 0 Å². The Balaban J connectivity index is 1.96. The third-order valence-corrected chi connectivity index (χ3v) is 7.14. The summed E-state index contributed by atoms with van der Waals surface area (Å²) in [6.07, 6.45) is 2.17. The van der Waals surface area contributed by atoms with Crippen LogP contribution in [0.4, 0.5) is 0 Å². The maximum absolute atomic E-state index is 14.0. The Morgan fingerprint density at radius 1 is 0.970 bits per heavy atom. The first kappa shape index (κ1) is 26.1. The molecule has 0 spiro atoms. The van der Waals surface area contributed by atoms with Crippen LogP contribution in [0.2, 0.25) is 20.1 Å². The highest BCUT2D eigenvalue weighted by molar-refractivity contribution is 6.35. The molecule has 0 unspecified atom stereocenters. The van der Waals surface area contributed by atoms with Crippen molar-refractivity contribution in [3.8, 4) is 0 Å². The Labute approximate surface area is 214 Å². The van der Waals surface area contributed by atoms with Crippen molar-refractivity contribution in [2.24, 2.45) is 5.73 Å². The number of primary amides is 1. The Kier molecular flexibility index (Phi) is 8.57. The van der Waals surface area contributed by atoms with Crippen LogP contribution in [0, 0.1) is 0 Å². The van der Waals surface area contributed by atoms with Crippen LogP contribution >= 0.6 is 46.4 Å². The van der Waals surface area contributed by atoms with Crippen LogP contribution < -0.4 is 5.73 Å². The van der Waals surface area contributed by atoms with E-state index in [0.29, 0.717) is 51.5 Å². The normalized spacial score (nSPS) is 15.4. The first-order valence-corrected chi connectivity index (χ1v) is 12.2. The van der Waals surface area contributed by atoms with Crippen molar-refractivity contribution in [1.82, 2.24) is 9.80 Å². The van der Waals surface area contributed by atoms with Crippen molar-refractivity contribution < 1.29 is 9.59 Å². The molecule has 2 aromatic carbocycles. The van der Waals surface area contributed by atoms with Crippen LogP contribution in [-0.2, 0) is 21.4 Å². The molecule has 1 fully saturated rings. The van der Waals surface area contributed by atoms with Crippen molar-refractivity contribution in [1.29, 1.82) is 0 Å². The molecule has 2 amide bonds. The van der Waals surface area contributed by atoms with Gasteiger partial charge < -0.3 is 15.5 Å². The van der Waals surface area contributed by atoms with Gasteiger partial charge in [-0.2, -0.15) is 0 Å². The number of hydrogen-bond acceptors (Lipinski definition) is 3. The van der Waals surface area contributed by atoms with E-state index in [4.69, 9.17) is 52.1 Å². The average molecular weight is 531 g/mol. The summed E-state index contributed by atoms with van der Waals surface area (Å²) in [5.41, 5.74) is 6.48. The second-order valence-corrected chi connectivity index (χ2v) is 10.4. The summed E-state index contributed by atoms with van der Waals surface area (Å²) in [5.74, 6) is -0.739. The van der Waals surface area contributed by atoms with Crippen LogP contribution in [0.3, 0.4) is 0 Å². The number of halogens is 4. The number of carbonyl (C=O) groups excluding carboxylic acids is 2. The summed E-state index contributed by atoms with van der Waals surface area (Å²) in [5, 5.41) is 1.86. The summed E-state index contributed by atoms with van der Waals surface area (Å²) in [4.78, 5) is 30.2. The van der Waals surface area contributed by atoms with E-state index in [2.05, 4.69) is 0 Å². The summed E-state index contributed by atoms with van der Waals surface area (Å²) >= 11 is 24.9. The van der Waals surface area contributed by atoms with E-state index >= 15 is 0 Å². The molecule has 0 aliphatic heterocycles. The molecule has 33 heavy (non-hydrogen) atoms. The third-order valence-electron chi connectivity index (χ3n) is 6.00. The van der Waals surface area contributed by atoms with Crippen molar-refractivity contribution in [2.75, 3.05) is 27.2 Å². The van der Waals surface area contributed by atoms with E-state index < -0.39 is 17.4 Å². The Morgan fingerprint density at radius 3 is 2.09 bits per heavy atom. The van der Waals surface area contributed by atoms with Gasteiger partial charge in [0.15, 0.2) is 0 Å². The maximum atomic E-state index is 14.0. The minimum absolute atomic E-state index is 0.153. The van der Waals surface area contributed by atoms with Crippen LogP contribution in [0.5, 0.6) is 0 Å². The number of carbonyl (C=O) groups is 2. The molecule has 9 heteroatoms. The molecule has 0 radical (unpaired) electrons. The molecular weight excluding hydrogens is 504 g/mol. The van der Waals surface area contributed by atoms with E-state index in [-0.39, 0.29) is 12.3 Å². The summed E-state index contributed by atoms with van der Waals surface area (Å²) in [7, 11) is 3.92. The predicted molar refractivity (Wildman–Crippen MR) is 135 cm³/mol. The van der Waals surface area contributed by atoms with Gasteiger partial charge in [-0.3, -0.25) is 9.59 Å². The Bertz CT molecular complexity index is 1040. The van der Waals surface area contributed by atoms with Gasteiger partial charge in [0.25, 0.3) is 0 Å². The molecule has 0 heterocycles. The van der Waals surface area contributed by atoms with Crippen LogP contribution in [-0.4, -0.2) is 54.8 Å². The molecule has 1 atom stereocenters. The second kappa shape index (κ2) is 10.8. The van der Waals surface area contributed by atoms with Gasteiger partial charge in [-0.05, 0) is 75.3 Å². The smallest absolute Gasteiger partial charge is 0.240 e. The number of benzene rings is 2. The molecule has 5 nitrogen and oxygen atoms in total. The minimum atomic E-state index is -0.859. The second-order valence-electron chi connectivity index (χ2n) is 8.72. The Morgan fingerprint density at radius 2 is 1.58 bits per heavy atom. The van der Waals surface area contributed by atoms with E-state index in [9.17, 15) is 9.59 Å². The van der Waals surface area contributed by atoms with Crippen molar-refractivity contribution in [2.45, 2.75) is 37.1 Å². The van der Waals surface area contributed by atoms with Gasteiger partial charge in [0.1, 0.15) is 6.04 Å². The number of nitrogens with two attached hydrogens (primary N) is 1. The lowest BCUT2D eigenvalue weighted by Gasteiger charge is -2.34. The lowest BCUT2D eigenvalue weighted by atomic mass is 9.92. The molecular formula is C24H27Cl4N3O2. The summed E-state index contributed by atoms with van der Waals surface area (Å²) < 4.78 is 0. The van der Waals surface area contributed by atoms with E-state index in [1.807, 2.05) is 19.0 Å². The first-order chi connectivity index (χ1) is 15.5. The van der Waals surface area contributed by atoms with Crippen LogP contribution in [0.15, 0.2) is 36.4 Å². The third kappa shape index (κ3) is 6.14. The number of nitrogens with zero attached hydrogens (tertiary/aromatic N) is 2. The Hall–Kier alpha value is -1.50. The fraction of sp³-hybridized carbons (Fsp3) is 0.417. The van der Waals surface area contributed by atoms with Crippen molar-refractivity contribution in [3.63, 3.8) is 0 Å². The fourth-order valence-corrected chi connectivity index (χ4v) is 5.17. The highest BCUT2D eigenvalue weighted by Gasteiger charge is 2.55. The van der Waals surface area contributed by atoms with E-state index in [0.717, 1.165) is 12.1 Å². The molecule has 0 saturated heterocycles. The van der Waals surface area contributed by atoms with Crippen molar-refractivity contribution >= 4 is 58.2 Å². The van der Waals surface area contributed by atoms with Crippen LogP contribution in [0.1, 0.15) is 30.4 Å². The first-order valence-electron chi connectivity index (χ1n) is 10.7. The molecule has 178 valence electrons. The van der Waals surface area contributed by atoms with Gasteiger partial charge in [0.05, 0.1) is 5.41 Å². The monoisotopic (exact) mass is 529 g/mol. The van der Waals surface area contributed by atoms with Gasteiger partial charge in [0.2, 0.25) is 11.8 Å². The van der Waals surface area contributed by atoms with E-state index in [1.165, 1.54) is 0 Å². The number of amides is 2. The molecule has 0 aromatic heterocycles. The minimum Gasteiger partial charge on any atom is -0.368 e. The zero-order valence-corrected chi connectivity index (χ0v) is 21.6. The highest BCUT2D eigenvalue weighted by atomic mass is 35.5. The lowest BCUT2D eigenvalue weighted by Crippen LogP contribution is -2.53. The van der Waals surface area contributed by atoms with Crippen LogP contribution in [0.25, 0.3) is 0 Å². The fourth-order valence-electron chi connectivity index (χ4n) is 4.09. The van der Waals surface area contributed by atoms with Gasteiger partial charge in [-0.25, -0.2) is 0 Å². The largest absolute Gasteiger partial charge is 0.368 e.